The highest BCUT2D eigenvalue weighted by Gasteiger charge is 2.22. The van der Waals surface area contributed by atoms with Gasteiger partial charge in [0, 0.05) is 38.5 Å². The average molecular weight is 319 g/mol. The van der Waals surface area contributed by atoms with Crippen LogP contribution in [0.3, 0.4) is 0 Å². The Morgan fingerprint density at radius 2 is 2.39 bits per heavy atom. The Hall–Kier alpha value is -1.82. The zero-order valence-corrected chi connectivity index (χ0v) is 13.7. The molecule has 0 spiro atoms. The van der Waals surface area contributed by atoms with Gasteiger partial charge in [-0.15, -0.1) is 0 Å². The molecule has 2 heterocycles. The third-order valence-corrected chi connectivity index (χ3v) is 4.15. The first-order valence-electron chi connectivity index (χ1n) is 8.43. The van der Waals surface area contributed by atoms with Crippen molar-refractivity contribution in [3.8, 4) is 5.88 Å². The molecule has 0 aromatic carbocycles. The quantitative estimate of drug-likeness (QED) is 0.903. The van der Waals surface area contributed by atoms with Crippen LogP contribution in [0.15, 0.2) is 18.3 Å². The fourth-order valence-electron chi connectivity index (χ4n) is 2.60. The number of urea groups is 1. The van der Waals surface area contributed by atoms with E-state index in [1.54, 1.807) is 6.20 Å². The zero-order valence-electron chi connectivity index (χ0n) is 13.7. The number of nitrogens with zero attached hydrogens (tertiary/aromatic N) is 2. The minimum Gasteiger partial charge on any atom is -0.477 e. The number of hydrogen-bond donors (Lipinski definition) is 1. The van der Waals surface area contributed by atoms with E-state index in [1.807, 2.05) is 24.0 Å². The lowest BCUT2D eigenvalue weighted by molar-refractivity contribution is 0.0710. The molecule has 1 aromatic rings. The van der Waals surface area contributed by atoms with Crippen LogP contribution in [0.4, 0.5) is 4.79 Å². The van der Waals surface area contributed by atoms with Crippen LogP contribution in [-0.2, 0) is 11.3 Å². The van der Waals surface area contributed by atoms with Crippen molar-refractivity contribution in [2.24, 2.45) is 5.92 Å². The maximum atomic E-state index is 12.3. The summed E-state index contributed by atoms with van der Waals surface area (Å²) in [6.45, 7) is 5.32. The van der Waals surface area contributed by atoms with Gasteiger partial charge in [0.05, 0.1) is 12.7 Å². The summed E-state index contributed by atoms with van der Waals surface area (Å²) in [4.78, 5) is 18.3. The standard InChI is InChI=1S/C17H25N3O3/c1-13-11-20(7-2-8-22-13)17(21)19-10-15-5-6-18-16(9-15)23-12-14-3-4-14/h5-6,9,13-14H,2-4,7-8,10-12H2,1H3,(H,19,21). The SMILES string of the molecule is CC1CN(C(=O)NCc2ccnc(OCC3CC3)c2)CCCO1. The van der Waals surface area contributed by atoms with Crippen LogP contribution in [0, 0.1) is 5.92 Å². The second-order valence-corrected chi connectivity index (χ2v) is 6.40. The molecular weight excluding hydrogens is 294 g/mol. The van der Waals surface area contributed by atoms with Crippen molar-refractivity contribution < 1.29 is 14.3 Å². The Morgan fingerprint density at radius 3 is 3.22 bits per heavy atom. The number of carbonyl (C=O) groups is 1. The van der Waals surface area contributed by atoms with Crippen molar-refractivity contribution in [3.05, 3.63) is 23.9 Å². The predicted molar refractivity (Wildman–Crippen MR) is 86.3 cm³/mol. The maximum Gasteiger partial charge on any atom is 0.317 e. The van der Waals surface area contributed by atoms with Crippen LogP contribution in [0.2, 0.25) is 0 Å². The summed E-state index contributed by atoms with van der Waals surface area (Å²) < 4.78 is 11.2. The van der Waals surface area contributed by atoms with Crippen molar-refractivity contribution in [2.75, 3.05) is 26.3 Å². The number of amides is 2. The van der Waals surface area contributed by atoms with Gasteiger partial charge in [0.25, 0.3) is 0 Å². The zero-order chi connectivity index (χ0) is 16.1. The van der Waals surface area contributed by atoms with Crippen molar-refractivity contribution in [1.29, 1.82) is 0 Å². The van der Waals surface area contributed by atoms with Crippen molar-refractivity contribution in [2.45, 2.75) is 38.8 Å². The molecule has 6 nitrogen and oxygen atoms in total. The summed E-state index contributed by atoms with van der Waals surface area (Å²) in [5.41, 5.74) is 0.998. The Labute approximate surface area is 137 Å². The Balaban J connectivity index is 1.48. The fourth-order valence-corrected chi connectivity index (χ4v) is 2.60. The number of ether oxygens (including phenoxy) is 2. The van der Waals surface area contributed by atoms with Gasteiger partial charge in [-0.3, -0.25) is 0 Å². The molecule has 2 aliphatic rings. The largest absolute Gasteiger partial charge is 0.477 e. The topological polar surface area (TPSA) is 63.7 Å². The molecule has 1 saturated carbocycles. The second-order valence-electron chi connectivity index (χ2n) is 6.40. The third kappa shape index (κ3) is 5.10. The molecular formula is C17H25N3O3. The van der Waals surface area contributed by atoms with Gasteiger partial charge in [-0.2, -0.15) is 0 Å². The number of pyridine rings is 1. The van der Waals surface area contributed by atoms with Gasteiger partial charge >= 0.3 is 6.03 Å². The van der Waals surface area contributed by atoms with Gasteiger partial charge in [-0.05, 0) is 43.7 Å². The van der Waals surface area contributed by atoms with Gasteiger partial charge in [0.2, 0.25) is 5.88 Å². The first-order chi connectivity index (χ1) is 11.2. The number of rotatable bonds is 5. The van der Waals surface area contributed by atoms with E-state index in [0.29, 0.717) is 24.9 Å². The monoisotopic (exact) mass is 319 g/mol. The molecule has 1 saturated heterocycles. The van der Waals surface area contributed by atoms with E-state index in [-0.39, 0.29) is 12.1 Å². The molecule has 1 aromatic heterocycles. The van der Waals surface area contributed by atoms with Gasteiger partial charge in [0.15, 0.2) is 0 Å². The van der Waals surface area contributed by atoms with Crippen molar-refractivity contribution >= 4 is 6.03 Å². The molecule has 0 radical (unpaired) electrons. The van der Waals surface area contributed by atoms with E-state index in [2.05, 4.69) is 10.3 Å². The molecule has 3 rings (SSSR count). The summed E-state index contributed by atoms with van der Waals surface area (Å²) in [5, 5.41) is 2.97. The lowest BCUT2D eigenvalue weighted by Gasteiger charge is -2.22. The summed E-state index contributed by atoms with van der Waals surface area (Å²) in [5.74, 6) is 1.34. The van der Waals surface area contributed by atoms with Crippen molar-refractivity contribution in [3.63, 3.8) is 0 Å². The molecule has 23 heavy (non-hydrogen) atoms. The molecule has 6 heteroatoms. The summed E-state index contributed by atoms with van der Waals surface area (Å²) in [6, 6.07) is 3.76. The van der Waals surface area contributed by atoms with Gasteiger partial charge in [0.1, 0.15) is 0 Å². The van der Waals surface area contributed by atoms with E-state index in [0.717, 1.165) is 31.7 Å². The van der Waals surface area contributed by atoms with Crippen molar-refractivity contribution in [1.82, 2.24) is 15.2 Å². The normalized spacial score (nSPS) is 21.6. The van der Waals surface area contributed by atoms with Gasteiger partial charge in [-0.1, -0.05) is 0 Å². The first kappa shape index (κ1) is 16.1. The van der Waals surface area contributed by atoms with E-state index in [9.17, 15) is 4.79 Å². The predicted octanol–water partition coefficient (Wildman–Crippen LogP) is 2.19. The van der Waals surface area contributed by atoms with Gasteiger partial charge < -0.3 is 19.7 Å². The smallest absolute Gasteiger partial charge is 0.317 e. The fraction of sp³-hybridized carbons (Fsp3) is 0.647. The van der Waals surface area contributed by atoms with Crippen LogP contribution >= 0.6 is 0 Å². The average Bonchev–Trinajstić information content (AvgIpc) is 3.39. The minimum atomic E-state index is -0.0420. The number of carbonyl (C=O) groups excluding carboxylic acids is 1. The number of nitrogens with one attached hydrogen (secondary N) is 1. The maximum absolute atomic E-state index is 12.3. The third-order valence-electron chi connectivity index (χ3n) is 4.15. The Bertz CT molecular complexity index is 534. The molecule has 1 N–H and O–H groups in total. The van der Waals surface area contributed by atoms with E-state index in [1.165, 1.54) is 12.8 Å². The molecule has 0 bridgehead atoms. The first-order valence-corrected chi connectivity index (χ1v) is 8.43. The summed E-state index contributed by atoms with van der Waals surface area (Å²) in [6.07, 6.45) is 5.21. The van der Waals surface area contributed by atoms with Gasteiger partial charge in [-0.25, -0.2) is 9.78 Å². The van der Waals surface area contributed by atoms with E-state index >= 15 is 0 Å². The minimum absolute atomic E-state index is 0.0420. The summed E-state index contributed by atoms with van der Waals surface area (Å²) >= 11 is 0. The molecule has 1 unspecified atom stereocenters. The molecule has 1 atom stereocenters. The molecule has 1 aliphatic heterocycles. The molecule has 2 amide bonds. The second kappa shape index (κ2) is 7.64. The highest BCUT2D eigenvalue weighted by Crippen LogP contribution is 2.29. The summed E-state index contributed by atoms with van der Waals surface area (Å²) in [7, 11) is 0. The Kier molecular flexibility index (Phi) is 5.33. The van der Waals surface area contributed by atoms with Crippen LogP contribution in [0.1, 0.15) is 31.7 Å². The van der Waals surface area contributed by atoms with Crippen LogP contribution < -0.4 is 10.1 Å². The lowest BCUT2D eigenvalue weighted by atomic mass is 10.2. The number of aromatic nitrogens is 1. The van der Waals surface area contributed by atoms with Crippen LogP contribution in [0.5, 0.6) is 5.88 Å². The lowest BCUT2D eigenvalue weighted by Crippen LogP contribution is -2.42. The van der Waals surface area contributed by atoms with Crippen LogP contribution in [-0.4, -0.2) is 48.3 Å². The number of hydrogen-bond acceptors (Lipinski definition) is 4. The molecule has 1 aliphatic carbocycles. The van der Waals surface area contributed by atoms with Crippen LogP contribution in [0.25, 0.3) is 0 Å². The molecule has 126 valence electrons. The molecule has 2 fully saturated rings. The van der Waals surface area contributed by atoms with E-state index in [4.69, 9.17) is 9.47 Å². The highest BCUT2D eigenvalue weighted by atomic mass is 16.5. The van der Waals surface area contributed by atoms with E-state index < -0.39 is 0 Å². The highest BCUT2D eigenvalue weighted by molar-refractivity contribution is 5.74. The Morgan fingerprint density at radius 1 is 1.52 bits per heavy atom.